The van der Waals surface area contributed by atoms with Crippen LogP contribution in [0.5, 0.6) is 0 Å². The average Bonchev–Trinajstić information content (AvgIpc) is 2.60. The highest BCUT2D eigenvalue weighted by atomic mass is 16.2. The maximum atomic E-state index is 12.9. The number of hydrogen-bond donors (Lipinski definition) is 0. The molecule has 0 aromatic heterocycles. The number of carbonyl (C=O) groups is 1. The van der Waals surface area contributed by atoms with Gasteiger partial charge in [0.2, 0.25) is 5.91 Å². The molecule has 0 aromatic carbocycles. The molecule has 2 bridgehead atoms. The first-order valence-corrected chi connectivity index (χ1v) is 9.70. The highest BCUT2D eigenvalue weighted by molar-refractivity contribution is 5.76. The largest absolute Gasteiger partial charge is 0.342 e. The van der Waals surface area contributed by atoms with Crippen LogP contribution in [0.25, 0.3) is 0 Å². The van der Waals surface area contributed by atoms with E-state index in [1.54, 1.807) is 0 Å². The molecule has 0 N–H and O–H groups in total. The standard InChI is InChI=1S/C20H35NO/c1-19(2)17-11-12-20(19,3)15-21(14-17)18(22)13-16-9-7-5-4-6-8-10-16/h16-17H,4-15H2,1-3H3/t17?,20-/m1/s1. The van der Waals surface area contributed by atoms with Gasteiger partial charge in [0.1, 0.15) is 0 Å². The maximum Gasteiger partial charge on any atom is 0.222 e. The highest BCUT2D eigenvalue weighted by Gasteiger charge is 2.56. The molecule has 1 aliphatic heterocycles. The summed E-state index contributed by atoms with van der Waals surface area (Å²) in [7, 11) is 0. The summed E-state index contributed by atoms with van der Waals surface area (Å²) < 4.78 is 0. The lowest BCUT2D eigenvalue weighted by molar-refractivity contribution is -0.140. The van der Waals surface area contributed by atoms with Gasteiger partial charge in [-0.2, -0.15) is 0 Å². The molecule has 1 amide bonds. The first kappa shape index (κ1) is 16.3. The molecule has 2 heteroatoms. The van der Waals surface area contributed by atoms with Crippen molar-refractivity contribution in [2.75, 3.05) is 13.1 Å². The van der Waals surface area contributed by atoms with Gasteiger partial charge < -0.3 is 4.90 Å². The minimum atomic E-state index is 0.340. The van der Waals surface area contributed by atoms with Gasteiger partial charge in [0.25, 0.3) is 0 Å². The van der Waals surface area contributed by atoms with E-state index in [0.29, 0.717) is 28.6 Å². The Balaban J connectivity index is 1.59. The lowest BCUT2D eigenvalue weighted by atomic mass is 9.63. The van der Waals surface area contributed by atoms with E-state index >= 15 is 0 Å². The predicted octanol–water partition coefficient (Wildman–Crippen LogP) is 5.02. The number of carbonyl (C=O) groups excluding carboxylic acids is 1. The first-order chi connectivity index (χ1) is 10.4. The van der Waals surface area contributed by atoms with Crippen molar-refractivity contribution < 1.29 is 4.79 Å². The van der Waals surface area contributed by atoms with E-state index in [-0.39, 0.29) is 0 Å². The SMILES string of the molecule is CC1(C)C2CC[C@]1(C)CN(C(=O)CC1CCCCCCC1)C2. The second kappa shape index (κ2) is 6.17. The van der Waals surface area contributed by atoms with Gasteiger partial charge in [0.05, 0.1) is 0 Å². The van der Waals surface area contributed by atoms with Crippen LogP contribution >= 0.6 is 0 Å². The Kier molecular flexibility index (Phi) is 4.58. The summed E-state index contributed by atoms with van der Waals surface area (Å²) in [5.74, 6) is 1.83. The van der Waals surface area contributed by atoms with Crippen molar-refractivity contribution in [1.29, 1.82) is 0 Å². The van der Waals surface area contributed by atoms with Crippen LogP contribution in [-0.2, 0) is 4.79 Å². The second-order valence-corrected chi connectivity index (χ2v) is 9.21. The van der Waals surface area contributed by atoms with E-state index in [2.05, 4.69) is 25.7 Å². The summed E-state index contributed by atoms with van der Waals surface area (Å²) in [6, 6.07) is 0. The molecule has 2 atom stereocenters. The number of hydrogen-bond acceptors (Lipinski definition) is 1. The summed E-state index contributed by atoms with van der Waals surface area (Å²) in [6.07, 6.45) is 12.8. The Morgan fingerprint density at radius 2 is 1.64 bits per heavy atom. The quantitative estimate of drug-likeness (QED) is 0.701. The molecule has 126 valence electrons. The highest BCUT2D eigenvalue weighted by Crippen LogP contribution is 2.59. The van der Waals surface area contributed by atoms with Crippen LogP contribution in [0.4, 0.5) is 0 Å². The summed E-state index contributed by atoms with van der Waals surface area (Å²) in [4.78, 5) is 15.1. The molecule has 2 saturated carbocycles. The minimum Gasteiger partial charge on any atom is -0.342 e. The molecule has 1 saturated heterocycles. The van der Waals surface area contributed by atoms with Gasteiger partial charge in [-0.15, -0.1) is 0 Å². The molecule has 2 aliphatic carbocycles. The van der Waals surface area contributed by atoms with Crippen molar-refractivity contribution in [3.05, 3.63) is 0 Å². The molecule has 0 spiro atoms. The van der Waals surface area contributed by atoms with Gasteiger partial charge in [0.15, 0.2) is 0 Å². The molecule has 1 heterocycles. The Morgan fingerprint density at radius 3 is 2.27 bits per heavy atom. The smallest absolute Gasteiger partial charge is 0.222 e. The van der Waals surface area contributed by atoms with E-state index < -0.39 is 0 Å². The van der Waals surface area contributed by atoms with Crippen LogP contribution in [0.15, 0.2) is 0 Å². The van der Waals surface area contributed by atoms with Gasteiger partial charge in [0, 0.05) is 19.5 Å². The van der Waals surface area contributed by atoms with Gasteiger partial charge >= 0.3 is 0 Å². The molecule has 2 nitrogen and oxygen atoms in total. The molecule has 22 heavy (non-hydrogen) atoms. The number of amides is 1. The van der Waals surface area contributed by atoms with Crippen LogP contribution in [0.3, 0.4) is 0 Å². The fourth-order valence-corrected chi connectivity index (χ4v) is 5.33. The third-order valence-electron chi connectivity index (χ3n) is 7.64. The van der Waals surface area contributed by atoms with Crippen molar-refractivity contribution in [3.8, 4) is 0 Å². The lowest BCUT2D eigenvalue weighted by Gasteiger charge is -2.50. The number of fused-ring (bicyclic) bond motifs is 2. The Bertz CT molecular complexity index is 408. The average molecular weight is 306 g/mol. The van der Waals surface area contributed by atoms with Gasteiger partial charge in [-0.05, 0) is 48.3 Å². The number of likely N-dealkylation sites (tertiary alicyclic amines) is 1. The van der Waals surface area contributed by atoms with Crippen molar-refractivity contribution in [1.82, 2.24) is 4.90 Å². The molecular weight excluding hydrogens is 270 g/mol. The molecule has 3 fully saturated rings. The lowest BCUT2D eigenvalue weighted by Crippen LogP contribution is -2.54. The molecule has 0 aromatic rings. The van der Waals surface area contributed by atoms with E-state index in [1.165, 1.54) is 57.8 Å². The topological polar surface area (TPSA) is 20.3 Å². The zero-order valence-corrected chi connectivity index (χ0v) is 15.0. The summed E-state index contributed by atoms with van der Waals surface area (Å²) in [5.41, 5.74) is 0.747. The molecule has 3 aliphatic rings. The van der Waals surface area contributed by atoms with Crippen molar-refractivity contribution in [2.45, 2.75) is 85.0 Å². The van der Waals surface area contributed by atoms with Gasteiger partial charge in [-0.1, -0.05) is 52.9 Å². The monoisotopic (exact) mass is 305 g/mol. The van der Waals surface area contributed by atoms with Gasteiger partial charge in [-0.3, -0.25) is 4.79 Å². The molecule has 3 rings (SSSR count). The fraction of sp³-hybridized carbons (Fsp3) is 0.950. The molecule has 0 radical (unpaired) electrons. The first-order valence-electron chi connectivity index (χ1n) is 9.70. The normalized spacial score (nSPS) is 36.0. The van der Waals surface area contributed by atoms with Crippen LogP contribution in [0.2, 0.25) is 0 Å². The number of rotatable bonds is 2. The van der Waals surface area contributed by atoms with Crippen molar-refractivity contribution in [3.63, 3.8) is 0 Å². The second-order valence-electron chi connectivity index (χ2n) is 9.21. The van der Waals surface area contributed by atoms with Crippen molar-refractivity contribution >= 4 is 5.91 Å². The zero-order valence-electron chi connectivity index (χ0n) is 15.0. The number of piperidine rings is 1. The number of nitrogens with zero attached hydrogens (tertiary/aromatic N) is 1. The maximum absolute atomic E-state index is 12.9. The predicted molar refractivity (Wildman–Crippen MR) is 91.6 cm³/mol. The van der Waals surface area contributed by atoms with Crippen LogP contribution in [-0.4, -0.2) is 23.9 Å². The van der Waals surface area contributed by atoms with Crippen LogP contribution in [0.1, 0.15) is 85.0 Å². The van der Waals surface area contributed by atoms with E-state index in [4.69, 9.17) is 0 Å². The van der Waals surface area contributed by atoms with Crippen LogP contribution < -0.4 is 0 Å². The fourth-order valence-electron chi connectivity index (χ4n) is 5.33. The van der Waals surface area contributed by atoms with E-state index in [1.807, 2.05) is 0 Å². The van der Waals surface area contributed by atoms with Crippen LogP contribution in [0, 0.1) is 22.7 Å². The third-order valence-corrected chi connectivity index (χ3v) is 7.64. The Morgan fingerprint density at radius 1 is 1.00 bits per heavy atom. The summed E-state index contributed by atoms with van der Waals surface area (Å²) in [5, 5.41) is 0. The third kappa shape index (κ3) is 2.95. The van der Waals surface area contributed by atoms with Gasteiger partial charge in [-0.25, -0.2) is 0 Å². The molecule has 1 unspecified atom stereocenters. The molecular formula is C20H35NO. The Labute approximate surface area is 137 Å². The van der Waals surface area contributed by atoms with E-state index in [0.717, 1.165) is 19.5 Å². The minimum absolute atomic E-state index is 0.340. The Hall–Kier alpha value is -0.530. The summed E-state index contributed by atoms with van der Waals surface area (Å²) in [6.45, 7) is 9.31. The van der Waals surface area contributed by atoms with Crippen molar-refractivity contribution in [2.24, 2.45) is 22.7 Å². The zero-order chi connectivity index (χ0) is 15.8. The summed E-state index contributed by atoms with van der Waals surface area (Å²) >= 11 is 0. The van der Waals surface area contributed by atoms with E-state index in [9.17, 15) is 4.79 Å².